The monoisotopic (exact) mass is 490 g/mol. The molecule has 0 radical (unpaired) electrons. The smallest absolute Gasteiger partial charge is 0.255 e. The highest BCUT2D eigenvalue weighted by molar-refractivity contribution is 7.89. The van der Waals surface area contributed by atoms with E-state index < -0.39 is 10.0 Å². The van der Waals surface area contributed by atoms with Gasteiger partial charge >= 0.3 is 0 Å². The molecule has 0 aliphatic carbocycles. The predicted molar refractivity (Wildman–Crippen MR) is 119 cm³/mol. The van der Waals surface area contributed by atoms with E-state index in [0.29, 0.717) is 18.1 Å². The van der Waals surface area contributed by atoms with Crippen LogP contribution in [0.3, 0.4) is 0 Å². The van der Waals surface area contributed by atoms with Crippen LogP contribution in [0.25, 0.3) is 0 Å². The molecule has 1 N–H and O–H groups in total. The Morgan fingerprint density at radius 2 is 1.63 bits per heavy atom. The Labute approximate surface area is 192 Å². The van der Waals surface area contributed by atoms with E-state index in [0.717, 1.165) is 23.9 Å². The normalized spacial score (nSPS) is 15.6. The largest absolute Gasteiger partial charge is 0.328 e. The van der Waals surface area contributed by atoms with Gasteiger partial charge in [-0.05, 0) is 24.3 Å². The van der Waals surface area contributed by atoms with Gasteiger partial charge in [0.05, 0.1) is 41.8 Å². The minimum Gasteiger partial charge on any atom is -0.328 e. The van der Waals surface area contributed by atoms with Gasteiger partial charge in [0.1, 0.15) is 11.4 Å². The fourth-order valence-corrected chi connectivity index (χ4v) is 5.20. The van der Waals surface area contributed by atoms with E-state index >= 15 is 0 Å². The van der Waals surface area contributed by atoms with Gasteiger partial charge in [-0.2, -0.15) is 0 Å². The lowest BCUT2D eigenvalue weighted by atomic mass is 10.1. The van der Waals surface area contributed by atoms with Crippen LogP contribution in [0.15, 0.2) is 41.3 Å². The first-order valence-electron chi connectivity index (χ1n) is 9.38. The van der Waals surface area contributed by atoms with Crippen molar-refractivity contribution in [3.05, 3.63) is 62.6 Å². The Morgan fingerprint density at radius 1 is 1.03 bits per heavy atom. The molecule has 0 spiro atoms. The molecule has 30 heavy (non-hydrogen) atoms. The summed E-state index contributed by atoms with van der Waals surface area (Å²) in [5.41, 5.74) is 1.33. The SMILES string of the molecule is CN(C)S(=O)(=O)c1cc(C(=O)N2CC[NH+](Cc3ccc(Cl)cc3)CC2)c(Cl)cc1Cl. The molecule has 1 fully saturated rings. The van der Waals surface area contributed by atoms with Crippen LogP contribution in [-0.2, 0) is 16.6 Å². The van der Waals surface area contributed by atoms with E-state index in [9.17, 15) is 13.2 Å². The summed E-state index contributed by atoms with van der Waals surface area (Å²) in [6.45, 7) is 3.52. The fraction of sp³-hybridized carbons (Fsp3) is 0.350. The number of rotatable bonds is 5. The molecule has 3 rings (SSSR count). The Morgan fingerprint density at radius 3 is 2.20 bits per heavy atom. The summed E-state index contributed by atoms with van der Waals surface area (Å²) >= 11 is 18.3. The third kappa shape index (κ3) is 5.10. The van der Waals surface area contributed by atoms with Gasteiger partial charge in [0.15, 0.2) is 0 Å². The second kappa shape index (κ2) is 9.42. The second-order valence-electron chi connectivity index (χ2n) is 7.40. The summed E-state index contributed by atoms with van der Waals surface area (Å²) in [6.07, 6.45) is 0. The number of hydrogen-bond donors (Lipinski definition) is 1. The summed E-state index contributed by atoms with van der Waals surface area (Å²) in [7, 11) is -0.985. The zero-order chi connectivity index (χ0) is 22.1. The minimum absolute atomic E-state index is 0.0116. The van der Waals surface area contributed by atoms with Crippen molar-refractivity contribution in [3.63, 3.8) is 0 Å². The zero-order valence-electron chi connectivity index (χ0n) is 16.7. The predicted octanol–water partition coefficient (Wildman–Crippen LogP) is 2.44. The van der Waals surface area contributed by atoms with Crippen molar-refractivity contribution in [3.8, 4) is 0 Å². The summed E-state index contributed by atoms with van der Waals surface area (Å²) < 4.78 is 26.1. The Bertz CT molecular complexity index is 1040. The molecule has 0 bridgehead atoms. The standard InChI is InChI=1S/C20H22Cl3N3O3S/c1-24(2)30(28,29)19-11-16(17(22)12-18(19)23)20(27)26-9-7-25(8-10-26)13-14-3-5-15(21)6-4-14/h3-6,11-12H,7-10,13H2,1-2H3/p+1. The van der Waals surface area contributed by atoms with Gasteiger partial charge in [-0.15, -0.1) is 0 Å². The maximum Gasteiger partial charge on any atom is 0.255 e. The number of piperazine rings is 1. The first-order chi connectivity index (χ1) is 14.1. The molecule has 2 aromatic carbocycles. The van der Waals surface area contributed by atoms with Crippen LogP contribution < -0.4 is 4.90 Å². The number of benzene rings is 2. The van der Waals surface area contributed by atoms with Crippen molar-refractivity contribution in [2.45, 2.75) is 11.4 Å². The van der Waals surface area contributed by atoms with Crippen molar-refractivity contribution in [1.82, 2.24) is 9.21 Å². The van der Waals surface area contributed by atoms with Gasteiger partial charge in [-0.25, -0.2) is 12.7 Å². The first kappa shape index (κ1) is 23.3. The van der Waals surface area contributed by atoms with Crippen LogP contribution in [0, 0.1) is 0 Å². The van der Waals surface area contributed by atoms with Crippen LogP contribution in [0.2, 0.25) is 15.1 Å². The molecule has 0 saturated carbocycles. The lowest BCUT2D eigenvalue weighted by Gasteiger charge is -2.32. The Balaban J connectivity index is 1.72. The highest BCUT2D eigenvalue weighted by Crippen LogP contribution is 2.30. The van der Waals surface area contributed by atoms with E-state index in [4.69, 9.17) is 34.8 Å². The third-order valence-electron chi connectivity index (χ3n) is 5.14. The van der Waals surface area contributed by atoms with Gasteiger partial charge < -0.3 is 9.80 Å². The van der Waals surface area contributed by atoms with E-state index in [1.807, 2.05) is 24.3 Å². The Kier molecular flexibility index (Phi) is 7.32. The number of nitrogens with zero attached hydrogens (tertiary/aromatic N) is 2. The molecule has 0 unspecified atom stereocenters. The number of sulfonamides is 1. The number of hydrogen-bond acceptors (Lipinski definition) is 3. The van der Waals surface area contributed by atoms with Crippen LogP contribution in [0.5, 0.6) is 0 Å². The second-order valence-corrected chi connectivity index (χ2v) is 10.8. The van der Waals surface area contributed by atoms with E-state index in [1.165, 1.54) is 36.7 Å². The maximum absolute atomic E-state index is 13.0. The molecule has 10 heteroatoms. The summed E-state index contributed by atoms with van der Waals surface area (Å²) in [6, 6.07) is 10.3. The fourth-order valence-electron chi connectivity index (χ4n) is 3.35. The molecule has 2 aromatic rings. The molecule has 1 aliphatic heterocycles. The summed E-state index contributed by atoms with van der Waals surface area (Å²) in [4.78, 5) is 16.0. The van der Waals surface area contributed by atoms with Crippen LogP contribution >= 0.6 is 34.8 Å². The molecule has 6 nitrogen and oxygen atoms in total. The zero-order valence-corrected chi connectivity index (χ0v) is 19.7. The topological polar surface area (TPSA) is 62.1 Å². The molecule has 1 saturated heterocycles. The maximum atomic E-state index is 13.0. The van der Waals surface area contributed by atoms with E-state index in [2.05, 4.69) is 0 Å². The average Bonchev–Trinajstić information content (AvgIpc) is 2.69. The van der Waals surface area contributed by atoms with Crippen molar-refractivity contribution in [1.29, 1.82) is 0 Å². The summed E-state index contributed by atoms with van der Waals surface area (Å²) in [5.74, 6) is -0.294. The molecule has 1 heterocycles. The van der Waals surface area contributed by atoms with Crippen molar-refractivity contribution < 1.29 is 18.1 Å². The quantitative estimate of drug-likeness (QED) is 0.699. The number of carbonyl (C=O) groups is 1. The van der Waals surface area contributed by atoms with Crippen LogP contribution in [0.1, 0.15) is 15.9 Å². The highest BCUT2D eigenvalue weighted by Gasteiger charge is 2.29. The highest BCUT2D eigenvalue weighted by atomic mass is 35.5. The molecule has 162 valence electrons. The molecule has 0 atom stereocenters. The molecule has 1 amide bonds. The number of halogens is 3. The molecule has 0 aromatic heterocycles. The lowest BCUT2D eigenvalue weighted by Crippen LogP contribution is -3.13. The van der Waals surface area contributed by atoms with Crippen molar-refractivity contribution >= 4 is 50.7 Å². The van der Waals surface area contributed by atoms with Gasteiger partial charge in [0.25, 0.3) is 5.91 Å². The molecular weight excluding hydrogens is 469 g/mol. The van der Waals surface area contributed by atoms with Crippen LogP contribution in [0.4, 0.5) is 0 Å². The van der Waals surface area contributed by atoms with Crippen LogP contribution in [-0.4, -0.2) is 63.8 Å². The van der Waals surface area contributed by atoms with Gasteiger partial charge in [0, 0.05) is 24.7 Å². The Hall–Kier alpha value is -1.35. The van der Waals surface area contributed by atoms with Crippen molar-refractivity contribution in [2.24, 2.45) is 0 Å². The lowest BCUT2D eigenvalue weighted by molar-refractivity contribution is -0.917. The molecule has 1 aliphatic rings. The third-order valence-corrected chi connectivity index (χ3v) is 7.98. The van der Waals surface area contributed by atoms with Gasteiger partial charge in [-0.3, -0.25) is 4.79 Å². The number of amides is 1. The van der Waals surface area contributed by atoms with E-state index in [-0.39, 0.29) is 26.4 Å². The first-order valence-corrected chi connectivity index (χ1v) is 12.0. The number of nitrogens with one attached hydrogen (secondary N) is 1. The molecular formula is C20H23Cl3N3O3S+. The average molecular weight is 492 g/mol. The van der Waals surface area contributed by atoms with Crippen molar-refractivity contribution in [2.75, 3.05) is 40.3 Å². The minimum atomic E-state index is -3.80. The number of carbonyl (C=O) groups excluding carboxylic acids is 1. The summed E-state index contributed by atoms with van der Waals surface area (Å²) in [5, 5.41) is 0.834. The number of quaternary nitrogens is 1. The van der Waals surface area contributed by atoms with Gasteiger partial charge in [-0.1, -0.05) is 46.9 Å². The van der Waals surface area contributed by atoms with Gasteiger partial charge in [0.2, 0.25) is 10.0 Å². The van der Waals surface area contributed by atoms with E-state index in [1.54, 1.807) is 4.90 Å².